The minimum atomic E-state index is 0.332. The van der Waals surface area contributed by atoms with Crippen molar-refractivity contribution in [2.45, 2.75) is 47.5 Å². The molecule has 2 aromatic heterocycles. The summed E-state index contributed by atoms with van der Waals surface area (Å²) in [5.41, 5.74) is 4.50. The summed E-state index contributed by atoms with van der Waals surface area (Å²) in [6.07, 6.45) is 3.41. The van der Waals surface area contributed by atoms with Gasteiger partial charge < -0.3 is 14.5 Å². The molecule has 0 saturated carbocycles. The summed E-state index contributed by atoms with van der Waals surface area (Å²) in [4.78, 5) is 11.5. The molecule has 3 rings (SSSR count). The minimum Gasteiger partial charge on any atom is -0.507 e. The molecule has 0 aliphatic heterocycles. The van der Waals surface area contributed by atoms with E-state index in [2.05, 4.69) is 46.9 Å². The molecule has 0 aliphatic carbocycles. The normalized spacial score (nSPS) is 11.0. The Morgan fingerprint density at radius 2 is 1.64 bits per heavy atom. The summed E-state index contributed by atoms with van der Waals surface area (Å²) in [6.45, 7) is 12.1. The van der Waals surface area contributed by atoms with Gasteiger partial charge in [-0.25, -0.2) is 4.98 Å². The number of aryl methyl sites for hydroxylation is 3. The van der Waals surface area contributed by atoms with Gasteiger partial charge in [-0.1, -0.05) is 19.0 Å². The van der Waals surface area contributed by atoms with Crippen LogP contribution < -0.4 is 4.90 Å². The molecule has 2 heterocycles. The van der Waals surface area contributed by atoms with Gasteiger partial charge in [-0.2, -0.15) is 4.98 Å². The second kappa shape index (κ2) is 8.42. The number of hydrogen-bond acceptors (Lipinski definition) is 6. The molecule has 0 atom stereocenters. The lowest BCUT2D eigenvalue weighted by molar-refractivity contribution is 0.432. The fourth-order valence-electron chi connectivity index (χ4n) is 3.40. The lowest BCUT2D eigenvalue weighted by Gasteiger charge is -2.22. The molecule has 0 bridgehead atoms. The number of nitrogens with zero attached hydrogens (tertiary/aromatic N) is 4. The van der Waals surface area contributed by atoms with Gasteiger partial charge in [0.2, 0.25) is 5.82 Å². The number of anilines is 1. The molecular weight excluding hydrogens is 352 g/mol. The number of aromatic nitrogens is 3. The first-order valence-electron chi connectivity index (χ1n) is 9.93. The van der Waals surface area contributed by atoms with Gasteiger partial charge in [0, 0.05) is 24.8 Å². The van der Waals surface area contributed by atoms with Gasteiger partial charge in [-0.15, -0.1) is 0 Å². The van der Waals surface area contributed by atoms with Gasteiger partial charge in [0.15, 0.2) is 0 Å². The summed E-state index contributed by atoms with van der Waals surface area (Å²) in [5, 5.41) is 14.3. The Morgan fingerprint density at radius 3 is 2.29 bits per heavy atom. The van der Waals surface area contributed by atoms with Gasteiger partial charge in [-0.3, -0.25) is 0 Å². The second-order valence-corrected chi connectivity index (χ2v) is 6.81. The van der Waals surface area contributed by atoms with Gasteiger partial charge in [0.25, 0.3) is 5.89 Å². The standard InChI is InChI=1S/C22H28N4O2/c1-6-15-11-17(10-14(5)19(15)27)20-24-22(28-25-20)18-12-16(7-2)21(23-13-18)26(8-3)9-4/h10-13,27H,6-9H2,1-5H3. The molecule has 28 heavy (non-hydrogen) atoms. The molecule has 0 radical (unpaired) electrons. The first-order chi connectivity index (χ1) is 13.5. The Labute approximate surface area is 166 Å². The molecule has 1 aromatic carbocycles. The molecule has 3 aromatic rings. The third-order valence-electron chi connectivity index (χ3n) is 5.08. The third kappa shape index (κ3) is 3.72. The van der Waals surface area contributed by atoms with Crippen molar-refractivity contribution >= 4 is 5.82 Å². The van der Waals surface area contributed by atoms with Crippen molar-refractivity contribution in [2.24, 2.45) is 0 Å². The summed E-state index contributed by atoms with van der Waals surface area (Å²) >= 11 is 0. The number of hydrogen-bond donors (Lipinski definition) is 1. The predicted octanol–water partition coefficient (Wildman–Crippen LogP) is 4.78. The van der Waals surface area contributed by atoms with E-state index in [1.165, 1.54) is 0 Å². The molecule has 1 N–H and O–H groups in total. The van der Waals surface area contributed by atoms with E-state index in [1.807, 2.05) is 26.0 Å². The van der Waals surface area contributed by atoms with Crippen molar-refractivity contribution in [2.75, 3.05) is 18.0 Å². The van der Waals surface area contributed by atoms with Crippen molar-refractivity contribution in [3.05, 3.63) is 41.1 Å². The van der Waals surface area contributed by atoms with Crippen LogP contribution in [-0.4, -0.2) is 33.3 Å². The highest BCUT2D eigenvalue weighted by molar-refractivity contribution is 5.64. The fraction of sp³-hybridized carbons (Fsp3) is 0.409. The molecule has 0 saturated heterocycles. The van der Waals surface area contributed by atoms with Crippen LogP contribution in [0.3, 0.4) is 0 Å². The van der Waals surface area contributed by atoms with Crippen LogP contribution in [0, 0.1) is 6.92 Å². The van der Waals surface area contributed by atoms with Gasteiger partial charge in [0.05, 0.1) is 5.56 Å². The SMILES string of the molecule is CCc1cc(-c2nc(-c3cc(C)c(O)c(CC)c3)no2)cnc1N(CC)CC. The van der Waals surface area contributed by atoms with E-state index in [0.29, 0.717) is 17.5 Å². The molecule has 0 aliphatic rings. The fourth-order valence-corrected chi connectivity index (χ4v) is 3.40. The maximum atomic E-state index is 10.1. The summed E-state index contributed by atoms with van der Waals surface area (Å²) in [7, 11) is 0. The monoisotopic (exact) mass is 380 g/mol. The van der Waals surface area contributed by atoms with Crippen LogP contribution in [0.1, 0.15) is 44.4 Å². The molecule has 0 amide bonds. The van der Waals surface area contributed by atoms with Crippen LogP contribution in [0.25, 0.3) is 22.8 Å². The quantitative estimate of drug-likeness (QED) is 0.635. The smallest absolute Gasteiger partial charge is 0.259 e. The van der Waals surface area contributed by atoms with Crippen LogP contribution in [0.2, 0.25) is 0 Å². The number of phenolic OH excluding ortho intramolecular Hbond substituents is 1. The molecule has 6 nitrogen and oxygen atoms in total. The van der Waals surface area contributed by atoms with E-state index in [0.717, 1.165) is 59.6 Å². The molecule has 0 fully saturated rings. The van der Waals surface area contributed by atoms with E-state index in [4.69, 9.17) is 4.52 Å². The average Bonchev–Trinajstić information content (AvgIpc) is 3.21. The Hall–Kier alpha value is -2.89. The zero-order valence-corrected chi connectivity index (χ0v) is 17.3. The number of pyridine rings is 1. The van der Waals surface area contributed by atoms with Gasteiger partial charge >= 0.3 is 0 Å². The number of rotatable bonds is 7. The molecule has 0 spiro atoms. The number of aromatic hydroxyl groups is 1. The van der Waals surface area contributed by atoms with Crippen molar-refractivity contribution in [3.8, 4) is 28.6 Å². The van der Waals surface area contributed by atoms with Crippen molar-refractivity contribution < 1.29 is 9.63 Å². The highest BCUT2D eigenvalue weighted by atomic mass is 16.5. The van der Waals surface area contributed by atoms with Crippen LogP contribution in [-0.2, 0) is 12.8 Å². The zero-order chi connectivity index (χ0) is 20.3. The molecule has 0 unspecified atom stereocenters. The Balaban J connectivity index is 1.97. The Bertz CT molecular complexity index is 961. The maximum Gasteiger partial charge on any atom is 0.259 e. The van der Waals surface area contributed by atoms with Crippen molar-refractivity contribution in [1.29, 1.82) is 0 Å². The average molecular weight is 380 g/mol. The molecule has 148 valence electrons. The second-order valence-electron chi connectivity index (χ2n) is 6.81. The lowest BCUT2D eigenvalue weighted by atomic mass is 10.0. The third-order valence-corrected chi connectivity index (χ3v) is 5.08. The first-order valence-corrected chi connectivity index (χ1v) is 9.93. The zero-order valence-electron chi connectivity index (χ0n) is 17.3. The first kappa shape index (κ1) is 19.9. The van der Waals surface area contributed by atoms with Crippen LogP contribution in [0.4, 0.5) is 5.82 Å². The van der Waals surface area contributed by atoms with E-state index in [1.54, 1.807) is 6.20 Å². The van der Waals surface area contributed by atoms with Crippen molar-refractivity contribution in [1.82, 2.24) is 15.1 Å². The maximum absolute atomic E-state index is 10.1. The van der Waals surface area contributed by atoms with Gasteiger partial charge in [-0.05, 0) is 68.5 Å². The summed E-state index contributed by atoms with van der Waals surface area (Å²) in [6, 6.07) is 5.87. The lowest BCUT2D eigenvalue weighted by Crippen LogP contribution is -2.24. The Morgan fingerprint density at radius 1 is 0.964 bits per heavy atom. The molecular formula is C22H28N4O2. The van der Waals surface area contributed by atoms with Gasteiger partial charge in [0.1, 0.15) is 11.6 Å². The summed E-state index contributed by atoms with van der Waals surface area (Å²) in [5.74, 6) is 2.31. The number of benzene rings is 1. The van der Waals surface area contributed by atoms with Crippen LogP contribution in [0.15, 0.2) is 28.9 Å². The largest absolute Gasteiger partial charge is 0.507 e. The van der Waals surface area contributed by atoms with E-state index < -0.39 is 0 Å². The summed E-state index contributed by atoms with van der Waals surface area (Å²) < 4.78 is 5.52. The highest BCUT2D eigenvalue weighted by Crippen LogP contribution is 2.31. The van der Waals surface area contributed by atoms with E-state index in [9.17, 15) is 5.11 Å². The highest BCUT2D eigenvalue weighted by Gasteiger charge is 2.16. The minimum absolute atomic E-state index is 0.332. The van der Waals surface area contributed by atoms with Crippen LogP contribution in [0.5, 0.6) is 5.75 Å². The predicted molar refractivity (Wildman–Crippen MR) is 112 cm³/mol. The van der Waals surface area contributed by atoms with E-state index in [-0.39, 0.29) is 0 Å². The number of phenols is 1. The van der Waals surface area contributed by atoms with E-state index >= 15 is 0 Å². The Kier molecular flexibility index (Phi) is 5.97. The molecule has 6 heteroatoms. The van der Waals surface area contributed by atoms with Crippen molar-refractivity contribution in [3.63, 3.8) is 0 Å². The van der Waals surface area contributed by atoms with Crippen LogP contribution >= 0.6 is 0 Å². The topological polar surface area (TPSA) is 75.3 Å².